The van der Waals surface area contributed by atoms with Gasteiger partial charge in [0.2, 0.25) is 10.0 Å². The molecule has 0 amide bonds. The molecule has 0 fully saturated rings. The second kappa shape index (κ2) is 5.52. The van der Waals surface area contributed by atoms with E-state index in [1.807, 2.05) is 6.92 Å². The average Bonchev–Trinajstić information content (AvgIpc) is 2.22. The van der Waals surface area contributed by atoms with Crippen molar-refractivity contribution in [1.82, 2.24) is 4.72 Å². The predicted octanol–water partition coefficient (Wildman–Crippen LogP) is 2.00. The van der Waals surface area contributed by atoms with Gasteiger partial charge in [0.15, 0.2) is 0 Å². The standard InChI is InChI=1S/C10H15ClN2O2S/c1-2-3-6-13-16(14,15)10-7-8(11)4-5-9(10)12/h4-5,7,13H,2-3,6,12H2,1H3. The van der Waals surface area contributed by atoms with E-state index in [-0.39, 0.29) is 10.6 Å². The lowest BCUT2D eigenvalue weighted by molar-refractivity contribution is 0.579. The van der Waals surface area contributed by atoms with E-state index < -0.39 is 10.0 Å². The molecule has 1 rings (SSSR count). The van der Waals surface area contributed by atoms with Crippen LogP contribution in [0.15, 0.2) is 23.1 Å². The molecule has 90 valence electrons. The highest BCUT2D eigenvalue weighted by Crippen LogP contribution is 2.22. The molecule has 1 aromatic carbocycles. The van der Waals surface area contributed by atoms with Gasteiger partial charge < -0.3 is 5.73 Å². The molecule has 0 atom stereocenters. The molecule has 0 aliphatic carbocycles. The lowest BCUT2D eigenvalue weighted by Gasteiger charge is -2.08. The molecule has 6 heteroatoms. The normalized spacial score (nSPS) is 11.6. The van der Waals surface area contributed by atoms with Crippen molar-refractivity contribution in [1.29, 1.82) is 0 Å². The quantitative estimate of drug-likeness (QED) is 0.630. The van der Waals surface area contributed by atoms with Crippen LogP contribution in [0.25, 0.3) is 0 Å². The number of sulfonamides is 1. The predicted molar refractivity (Wildman–Crippen MR) is 66.0 cm³/mol. The zero-order chi connectivity index (χ0) is 12.2. The summed E-state index contributed by atoms with van der Waals surface area (Å²) in [4.78, 5) is 0.0381. The van der Waals surface area contributed by atoms with Gasteiger partial charge in [-0.25, -0.2) is 13.1 Å². The Morgan fingerprint density at radius 1 is 1.44 bits per heavy atom. The number of anilines is 1. The topological polar surface area (TPSA) is 72.2 Å². The van der Waals surface area contributed by atoms with Crippen LogP contribution in [0.2, 0.25) is 5.02 Å². The van der Waals surface area contributed by atoms with E-state index in [2.05, 4.69) is 4.72 Å². The van der Waals surface area contributed by atoms with Crippen molar-refractivity contribution in [3.05, 3.63) is 23.2 Å². The maximum atomic E-state index is 11.8. The zero-order valence-electron chi connectivity index (χ0n) is 9.03. The van der Waals surface area contributed by atoms with Crippen LogP contribution >= 0.6 is 11.6 Å². The summed E-state index contributed by atoms with van der Waals surface area (Å²) in [6, 6.07) is 4.39. The molecule has 1 aromatic rings. The molecule has 0 saturated heterocycles. The molecule has 3 N–H and O–H groups in total. The van der Waals surface area contributed by atoms with Crippen LogP contribution in [0.4, 0.5) is 5.69 Å². The van der Waals surface area contributed by atoms with Gasteiger partial charge in [-0.05, 0) is 24.6 Å². The summed E-state index contributed by atoms with van der Waals surface area (Å²) >= 11 is 5.74. The lowest BCUT2D eigenvalue weighted by atomic mass is 10.3. The summed E-state index contributed by atoms with van der Waals surface area (Å²) in [5, 5.41) is 0.352. The molecule has 0 saturated carbocycles. The van der Waals surface area contributed by atoms with Crippen LogP contribution in [0.1, 0.15) is 19.8 Å². The molecule has 0 bridgehead atoms. The monoisotopic (exact) mass is 262 g/mol. The number of halogens is 1. The Labute approximate surface area is 101 Å². The summed E-state index contributed by atoms with van der Waals surface area (Å²) < 4.78 is 26.1. The van der Waals surface area contributed by atoms with Gasteiger partial charge in [-0.1, -0.05) is 24.9 Å². The summed E-state index contributed by atoms with van der Waals surface area (Å²) in [7, 11) is -3.55. The number of hydrogen-bond donors (Lipinski definition) is 2. The van der Waals surface area contributed by atoms with Crippen molar-refractivity contribution in [2.75, 3.05) is 12.3 Å². The van der Waals surface area contributed by atoms with Gasteiger partial charge in [-0.3, -0.25) is 0 Å². The number of nitrogens with one attached hydrogen (secondary N) is 1. The molecule has 0 spiro atoms. The third kappa shape index (κ3) is 3.37. The third-order valence-corrected chi connectivity index (χ3v) is 3.84. The SMILES string of the molecule is CCCCNS(=O)(=O)c1cc(Cl)ccc1N. The zero-order valence-corrected chi connectivity index (χ0v) is 10.6. The highest BCUT2D eigenvalue weighted by Gasteiger charge is 2.16. The van der Waals surface area contributed by atoms with Crippen LogP contribution in [0, 0.1) is 0 Å². The Morgan fingerprint density at radius 2 is 2.12 bits per heavy atom. The fraction of sp³-hybridized carbons (Fsp3) is 0.400. The maximum absolute atomic E-state index is 11.8. The van der Waals surface area contributed by atoms with Gasteiger partial charge in [0.05, 0.1) is 5.69 Å². The lowest BCUT2D eigenvalue weighted by Crippen LogP contribution is -2.25. The van der Waals surface area contributed by atoms with Crippen LogP contribution in [0.3, 0.4) is 0 Å². The number of nitrogen functional groups attached to an aromatic ring is 1. The molecular formula is C10H15ClN2O2S. The first-order valence-corrected chi connectivity index (χ1v) is 6.88. The van der Waals surface area contributed by atoms with Gasteiger partial charge in [0.25, 0.3) is 0 Å². The first-order chi connectivity index (χ1) is 7.47. The number of unbranched alkanes of at least 4 members (excludes halogenated alkanes) is 1. The first kappa shape index (κ1) is 13.3. The van der Waals surface area contributed by atoms with Crippen molar-refractivity contribution in [3.63, 3.8) is 0 Å². The molecule has 4 nitrogen and oxygen atoms in total. The van der Waals surface area contributed by atoms with Crippen LogP contribution in [-0.4, -0.2) is 15.0 Å². The fourth-order valence-corrected chi connectivity index (χ4v) is 2.67. The molecule has 0 aliphatic heterocycles. The maximum Gasteiger partial charge on any atom is 0.242 e. The number of nitrogens with two attached hydrogens (primary N) is 1. The fourth-order valence-electron chi connectivity index (χ4n) is 1.20. The summed E-state index contributed by atoms with van der Waals surface area (Å²) in [6.45, 7) is 2.40. The Hall–Kier alpha value is -0.780. The van der Waals surface area contributed by atoms with Crippen molar-refractivity contribution >= 4 is 27.3 Å². The van der Waals surface area contributed by atoms with E-state index in [9.17, 15) is 8.42 Å². The Balaban J connectivity index is 2.93. The molecule has 0 unspecified atom stereocenters. The second-order valence-corrected chi connectivity index (χ2v) is 5.61. The molecule has 16 heavy (non-hydrogen) atoms. The average molecular weight is 263 g/mol. The summed E-state index contributed by atoms with van der Waals surface area (Å²) in [6.07, 6.45) is 1.72. The molecule has 0 heterocycles. The molecule has 0 aromatic heterocycles. The highest BCUT2D eigenvalue weighted by atomic mass is 35.5. The van der Waals surface area contributed by atoms with Gasteiger partial charge in [0, 0.05) is 11.6 Å². The van der Waals surface area contributed by atoms with Crippen molar-refractivity contribution < 1.29 is 8.42 Å². The van der Waals surface area contributed by atoms with Gasteiger partial charge >= 0.3 is 0 Å². The number of hydrogen-bond acceptors (Lipinski definition) is 3. The van der Waals surface area contributed by atoms with Crippen LogP contribution in [-0.2, 0) is 10.0 Å². The largest absolute Gasteiger partial charge is 0.398 e. The molecule has 0 aliphatic rings. The Kier molecular flexibility index (Phi) is 4.58. The first-order valence-electron chi connectivity index (χ1n) is 5.02. The smallest absolute Gasteiger partial charge is 0.242 e. The van der Waals surface area contributed by atoms with E-state index in [4.69, 9.17) is 17.3 Å². The van der Waals surface area contributed by atoms with Gasteiger partial charge in [-0.15, -0.1) is 0 Å². The van der Waals surface area contributed by atoms with E-state index in [0.29, 0.717) is 11.6 Å². The third-order valence-electron chi connectivity index (χ3n) is 2.09. The van der Waals surface area contributed by atoms with Gasteiger partial charge in [0.1, 0.15) is 4.90 Å². The number of rotatable bonds is 5. The van der Waals surface area contributed by atoms with E-state index in [1.165, 1.54) is 12.1 Å². The minimum Gasteiger partial charge on any atom is -0.398 e. The second-order valence-electron chi connectivity index (χ2n) is 3.43. The van der Waals surface area contributed by atoms with Crippen LogP contribution < -0.4 is 10.5 Å². The minimum absolute atomic E-state index is 0.0381. The Morgan fingerprint density at radius 3 is 2.75 bits per heavy atom. The van der Waals surface area contributed by atoms with Crippen molar-refractivity contribution in [2.24, 2.45) is 0 Å². The minimum atomic E-state index is -3.55. The van der Waals surface area contributed by atoms with Crippen LogP contribution in [0.5, 0.6) is 0 Å². The number of benzene rings is 1. The molecule has 0 radical (unpaired) electrons. The van der Waals surface area contributed by atoms with Gasteiger partial charge in [-0.2, -0.15) is 0 Å². The van der Waals surface area contributed by atoms with E-state index in [0.717, 1.165) is 12.8 Å². The summed E-state index contributed by atoms with van der Waals surface area (Å²) in [5.74, 6) is 0. The van der Waals surface area contributed by atoms with E-state index in [1.54, 1.807) is 6.07 Å². The van der Waals surface area contributed by atoms with E-state index >= 15 is 0 Å². The Bertz CT molecular complexity index is 460. The van der Waals surface area contributed by atoms with Crippen molar-refractivity contribution in [2.45, 2.75) is 24.7 Å². The summed E-state index contributed by atoms with van der Waals surface area (Å²) in [5.41, 5.74) is 5.80. The molecular weight excluding hydrogens is 248 g/mol. The highest BCUT2D eigenvalue weighted by molar-refractivity contribution is 7.89. The van der Waals surface area contributed by atoms with Crippen molar-refractivity contribution in [3.8, 4) is 0 Å².